The molecular weight excluding hydrogens is 422 g/mol. The second-order valence-electron chi connectivity index (χ2n) is 8.43. The quantitative estimate of drug-likeness (QED) is 0.534. The third-order valence-electron chi connectivity index (χ3n) is 6.10. The first-order valence-electron chi connectivity index (χ1n) is 11.4. The van der Waals surface area contributed by atoms with E-state index in [2.05, 4.69) is 10.1 Å². The third-order valence-corrected chi connectivity index (χ3v) is 6.10. The van der Waals surface area contributed by atoms with Crippen molar-refractivity contribution in [1.29, 1.82) is 0 Å². The number of carbonyl (C=O) groups is 2. The van der Waals surface area contributed by atoms with Crippen LogP contribution in [0.15, 0.2) is 35.3 Å². The highest BCUT2D eigenvalue weighted by atomic mass is 16.5. The summed E-state index contributed by atoms with van der Waals surface area (Å²) in [6.45, 7) is 7.09. The molecule has 1 saturated heterocycles. The van der Waals surface area contributed by atoms with E-state index in [9.17, 15) is 14.4 Å². The molecule has 4 rings (SSSR count). The number of rotatable bonds is 6. The maximum absolute atomic E-state index is 13.1. The van der Waals surface area contributed by atoms with E-state index in [1.807, 2.05) is 31.2 Å². The Labute approximate surface area is 192 Å². The molecule has 0 N–H and O–H groups in total. The van der Waals surface area contributed by atoms with Crippen LogP contribution in [0.3, 0.4) is 0 Å². The summed E-state index contributed by atoms with van der Waals surface area (Å²) in [4.78, 5) is 44.3. The molecule has 33 heavy (non-hydrogen) atoms. The molecule has 3 aromatic rings. The van der Waals surface area contributed by atoms with Crippen molar-refractivity contribution in [3.05, 3.63) is 52.2 Å². The highest BCUT2D eigenvalue weighted by Crippen LogP contribution is 2.19. The van der Waals surface area contributed by atoms with E-state index in [1.54, 1.807) is 23.4 Å². The van der Waals surface area contributed by atoms with Gasteiger partial charge in [-0.1, -0.05) is 17.7 Å². The Kier molecular flexibility index (Phi) is 6.57. The molecule has 0 bridgehead atoms. The van der Waals surface area contributed by atoms with E-state index >= 15 is 0 Å². The van der Waals surface area contributed by atoms with Crippen LogP contribution in [0.4, 0.5) is 0 Å². The number of likely N-dealkylation sites (tertiary alicyclic amines) is 1. The number of ether oxygens (including phenoxy) is 1. The zero-order chi connectivity index (χ0) is 23.5. The molecule has 0 saturated carbocycles. The number of aromatic nitrogens is 4. The molecule has 1 fully saturated rings. The van der Waals surface area contributed by atoms with Gasteiger partial charge in [0.25, 0.3) is 5.56 Å². The predicted molar refractivity (Wildman–Crippen MR) is 123 cm³/mol. The Morgan fingerprint density at radius 3 is 2.67 bits per heavy atom. The molecule has 9 heteroatoms. The van der Waals surface area contributed by atoms with E-state index in [0.29, 0.717) is 36.6 Å². The number of piperidine rings is 1. The van der Waals surface area contributed by atoms with E-state index in [1.165, 1.54) is 10.8 Å². The zero-order valence-corrected chi connectivity index (χ0v) is 19.3. The highest BCUT2D eigenvalue weighted by molar-refractivity contribution is 5.79. The van der Waals surface area contributed by atoms with E-state index in [0.717, 1.165) is 24.1 Å². The average Bonchev–Trinajstić information content (AvgIpc) is 3.23. The lowest BCUT2D eigenvalue weighted by Gasteiger charge is -2.31. The van der Waals surface area contributed by atoms with Gasteiger partial charge in [-0.25, -0.2) is 9.67 Å². The Morgan fingerprint density at radius 1 is 1.18 bits per heavy atom. The van der Waals surface area contributed by atoms with Crippen molar-refractivity contribution >= 4 is 22.9 Å². The molecule has 1 aromatic carbocycles. The van der Waals surface area contributed by atoms with E-state index in [4.69, 9.17) is 4.74 Å². The van der Waals surface area contributed by atoms with Gasteiger partial charge in [0.1, 0.15) is 11.2 Å². The van der Waals surface area contributed by atoms with Crippen LogP contribution in [0.1, 0.15) is 37.6 Å². The zero-order valence-electron chi connectivity index (χ0n) is 19.3. The normalized spacial score (nSPS) is 16.2. The van der Waals surface area contributed by atoms with Gasteiger partial charge in [0.05, 0.1) is 24.4 Å². The van der Waals surface area contributed by atoms with Gasteiger partial charge in [-0.15, -0.1) is 0 Å². The molecular formula is C24H29N5O4. The lowest BCUT2D eigenvalue weighted by molar-refractivity contribution is -0.151. The van der Waals surface area contributed by atoms with Crippen LogP contribution in [-0.2, 0) is 20.9 Å². The van der Waals surface area contributed by atoms with E-state index < -0.39 is 0 Å². The summed E-state index contributed by atoms with van der Waals surface area (Å²) in [6, 6.07) is 7.83. The van der Waals surface area contributed by atoms with Crippen LogP contribution in [0, 0.1) is 19.8 Å². The number of esters is 1. The van der Waals surface area contributed by atoms with Crippen molar-refractivity contribution in [2.75, 3.05) is 19.7 Å². The second kappa shape index (κ2) is 9.56. The lowest BCUT2D eigenvalue weighted by Crippen LogP contribution is -2.43. The van der Waals surface area contributed by atoms with Crippen LogP contribution in [0.2, 0.25) is 0 Å². The van der Waals surface area contributed by atoms with Crippen molar-refractivity contribution in [3.63, 3.8) is 0 Å². The van der Waals surface area contributed by atoms with Gasteiger partial charge in [-0.2, -0.15) is 5.10 Å². The maximum atomic E-state index is 13.1. The number of carbonyl (C=O) groups excluding carboxylic acids is 2. The topological polar surface area (TPSA) is 99.3 Å². The van der Waals surface area contributed by atoms with Crippen molar-refractivity contribution in [1.82, 2.24) is 24.2 Å². The number of hydrogen-bond donors (Lipinski definition) is 0. The molecule has 1 aliphatic rings. The van der Waals surface area contributed by atoms with Crippen LogP contribution in [0.5, 0.6) is 0 Å². The monoisotopic (exact) mass is 451 g/mol. The fraction of sp³-hybridized carbons (Fsp3) is 0.458. The number of benzene rings is 1. The van der Waals surface area contributed by atoms with Crippen molar-refractivity contribution in [3.8, 4) is 5.69 Å². The molecule has 1 atom stereocenters. The highest BCUT2D eigenvalue weighted by Gasteiger charge is 2.29. The molecule has 9 nitrogen and oxygen atoms in total. The molecule has 0 radical (unpaired) electrons. The van der Waals surface area contributed by atoms with Crippen LogP contribution in [0.25, 0.3) is 16.7 Å². The van der Waals surface area contributed by atoms with Gasteiger partial charge >= 0.3 is 5.97 Å². The number of nitrogens with zero attached hydrogens (tertiary/aromatic N) is 5. The summed E-state index contributed by atoms with van der Waals surface area (Å²) >= 11 is 0. The fourth-order valence-electron chi connectivity index (χ4n) is 4.27. The van der Waals surface area contributed by atoms with Crippen LogP contribution >= 0.6 is 0 Å². The molecule has 1 aliphatic heterocycles. The molecule has 0 spiro atoms. The Balaban J connectivity index is 1.50. The fourth-order valence-corrected chi connectivity index (χ4v) is 4.27. The van der Waals surface area contributed by atoms with E-state index in [-0.39, 0.29) is 36.3 Å². The number of hydrogen-bond acceptors (Lipinski definition) is 6. The first kappa shape index (κ1) is 22.7. The Hall–Kier alpha value is -3.49. The van der Waals surface area contributed by atoms with Crippen LogP contribution in [-0.4, -0.2) is 55.8 Å². The van der Waals surface area contributed by atoms with Gasteiger partial charge in [0, 0.05) is 26.1 Å². The first-order chi connectivity index (χ1) is 15.9. The van der Waals surface area contributed by atoms with Crippen molar-refractivity contribution in [2.24, 2.45) is 5.92 Å². The second-order valence-corrected chi connectivity index (χ2v) is 8.43. The molecule has 3 heterocycles. The SMILES string of the molecule is CCOC(=O)C1CCCN(C(=O)CCn2c(C)nc3c(cnn3-c3ccc(C)cc3)c2=O)C1. The van der Waals surface area contributed by atoms with Crippen LogP contribution < -0.4 is 5.56 Å². The van der Waals surface area contributed by atoms with Crippen molar-refractivity contribution < 1.29 is 14.3 Å². The molecule has 0 aliphatic carbocycles. The summed E-state index contributed by atoms with van der Waals surface area (Å²) in [7, 11) is 0. The summed E-state index contributed by atoms with van der Waals surface area (Å²) < 4.78 is 8.29. The molecule has 1 unspecified atom stereocenters. The number of fused-ring (bicyclic) bond motifs is 1. The summed E-state index contributed by atoms with van der Waals surface area (Å²) in [5.41, 5.74) is 2.24. The van der Waals surface area contributed by atoms with Gasteiger partial charge in [-0.05, 0) is 45.7 Å². The van der Waals surface area contributed by atoms with Gasteiger partial charge < -0.3 is 9.64 Å². The largest absolute Gasteiger partial charge is 0.466 e. The predicted octanol–water partition coefficient (Wildman–Crippen LogP) is 2.39. The lowest BCUT2D eigenvalue weighted by atomic mass is 9.98. The number of amides is 1. The minimum Gasteiger partial charge on any atom is -0.466 e. The van der Waals surface area contributed by atoms with Gasteiger partial charge in [-0.3, -0.25) is 19.0 Å². The minimum atomic E-state index is -0.280. The summed E-state index contributed by atoms with van der Waals surface area (Å²) in [5, 5.41) is 4.78. The Bertz CT molecular complexity index is 1230. The Morgan fingerprint density at radius 2 is 1.94 bits per heavy atom. The van der Waals surface area contributed by atoms with Gasteiger partial charge in [0.2, 0.25) is 5.91 Å². The summed E-state index contributed by atoms with van der Waals surface area (Å²) in [5.74, 6) is -0.0806. The molecule has 174 valence electrons. The molecule has 2 aromatic heterocycles. The minimum absolute atomic E-state index is 0.0780. The molecule has 1 amide bonds. The van der Waals surface area contributed by atoms with Crippen molar-refractivity contribution in [2.45, 2.75) is 46.6 Å². The summed E-state index contributed by atoms with van der Waals surface area (Å²) in [6.07, 6.45) is 3.18. The van der Waals surface area contributed by atoms with Gasteiger partial charge in [0.15, 0.2) is 5.65 Å². The average molecular weight is 452 g/mol. The third kappa shape index (κ3) is 4.67. The smallest absolute Gasteiger partial charge is 0.310 e. The maximum Gasteiger partial charge on any atom is 0.310 e. The number of aryl methyl sites for hydroxylation is 2. The standard InChI is InChI=1S/C24H29N5O4/c1-4-33-24(32)18-6-5-12-27(15-18)21(30)11-13-28-17(3)26-22-20(23(28)31)14-25-29(22)19-9-7-16(2)8-10-19/h7-10,14,18H,4-6,11-13,15H2,1-3H3. The first-order valence-corrected chi connectivity index (χ1v) is 11.4.